The Kier molecular flexibility index (Phi) is 5.79. The summed E-state index contributed by atoms with van der Waals surface area (Å²) >= 11 is 0. The number of aromatic nitrogens is 2. The van der Waals surface area contributed by atoms with Crippen molar-refractivity contribution in [1.29, 1.82) is 0 Å². The highest BCUT2D eigenvalue weighted by molar-refractivity contribution is 5.03. The molecule has 0 bridgehead atoms. The van der Waals surface area contributed by atoms with Crippen molar-refractivity contribution in [3.8, 4) is 0 Å². The normalized spacial score (nSPS) is 21.1. The number of hydrogen-bond acceptors (Lipinski definition) is 4. The van der Waals surface area contributed by atoms with Crippen LogP contribution in [0.1, 0.15) is 32.4 Å². The molecule has 120 valence electrons. The smallest absolute Gasteiger partial charge is 0.0594 e. The number of rotatable bonds is 7. The van der Waals surface area contributed by atoms with Crippen molar-refractivity contribution >= 4 is 0 Å². The van der Waals surface area contributed by atoms with Gasteiger partial charge in [0.05, 0.1) is 13.2 Å². The van der Waals surface area contributed by atoms with Crippen LogP contribution in [0.2, 0.25) is 0 Å². The molecule has 0 amide bonds. The van der Waals surface area contributed by atoms with E-state index in [1.54, 1.807) is 0 Å². The van der Waals surface area contributed by atoms with Crippen LogP contribution in [0, 0.1) is 0 Å². The van der Waals surface area contributed by atoms with E-state index in [-0.39, 0.29) is 5.54 Å². The van der Waals surface area contributed by atoms with Crippen molar-refractivity contribution in [2.75, 3.05) is 33.4 Å². The van der Waals surface area contributed by atoms with Gasteiger partial charge < -0.3 is 10.1 Å². The molecule has 0 aliphatic carbocycles. The molecule has 21 heavy (non-hydrogen) atoms. The second kappa shape index (κ2) is 7.38. The van der Waals surface area contributed by atoms with Crippen LogP contribution in [0.15, 0.2) is 12.3 Å². The third kappa shape index (κ3) is 3.65. The van der Waals surface area contributed by atoms with Gasteiger partial charge in [-0.25, -0.2) is 0 Å². The van der Waals surface area contributed by atoms with E-state index in [0.717, 1.165) is 45.6 Å². The maximum Gasteiger partial charge on any atom is 0.0594 e. The molecule has 0 radical (unpaired) electrons. The van der Waals surface area contributed by atoms with E-state index < -0.39 is 0 Å². The van der Waals surface area contributed by atoms with E-state index in [1.165, 1.54) is 5.69 Å². The Balaban J connectivity index is 2.03. The van der Waals surface area contributed by atoms with E-state index in [4.69, 9.17) is 4.74 Å². The van der Waals surface area contributed by atoms with Crippen molar-refractivity contribution in [3.05, 3.63) is 18.0 Å². The van der Waals surface area contributed by atoms with E-state index >= 15 is 0 Å². The second-order valence-electron chi connectivity index (χ2n) is 6.14. The highest BCUT2D eigenvalue weighted by Crippen LogP contribution is 2.27. The molecule has 0 aromatic carbocycles. The Morgan fingerprint density at radius 2 is 2.14 bits per heavy atom. The van der Waals surface area contributed by atoms with Gasteiger partial charge in [-0.3, -0.25) is 9.58 Å². The van der Waals surface area contributed by atoms with Gasteiger partial charge in [-0.05, 0) is 39.3 Å². The molecular weight excluding hydrogens is 264 g/mol. The van der Waals surface area contributed by atoms with Crippen molar-refractivity contribution in [2.45, 2.75) is 44.7 Å². The molecule has 1 fully saturated rings. The predicted octanol–water partition coefficient (Wildman–Crippen LogP) is 1.44. The Labute approximate surface area is 128 Å². The van der Waals surface area contributed by atoms with Gasteiger partial charge in [0.15, 0.2) is 0 Å². The molecule has 2 heterocycles. The first-order valence-electron chi connectivity index (χ1n) is 8.08. The van der Waals surface area contributed by atoms with Gasteiger partial charge in [0.25, 0.3) is 0 Å². The lowest BCUT2D eigenvalue weighted by Crippen LogP contribution is -2.61. The molecular formula is C16H30N4O. The molecule has 2 atom stereocenters. The first kappa shape index (κ1) is 16.5. The number of nitrogens with zero attached hydrogens (tertiary/aromatic N) is 3. The van der Waals surface area contributed by atoms with E-state index in [1.807, 2.05) is 17.9 Å². The zero-order valence-corrected chi connectivity index (χ0v) is 13.9. The van der Waals surface area contributed by atoms with E-state index in [2.05, 4.69) is 42.3 Å². The summed E-state index contributed by atoms with van der Waals surface area (Å²) in [4.78, 5) is 2.60. The molecule has 5 nitrogen and oxygen atoms in total. The van der Waals surface area contributed by atoms with Gasteiger partial charge in [-0.2, -0.15) is 5.10 Å². The molecule has 1 N–H and O–H groups in total. The summed E-state index contributed by atoms with van der Waals surface area (Å²) in [6.07, 6.45) is 5.20. The number of morpholine rings is 1. The topological polar surface area (TPSA) is 42.3 Å². The highest BCUT2D eigenvalue weighted by atomic mass is 16.5. The Morgan fingerprint density at radius 3 is 2.67 bits per heavy atom. The molecule has 2 rings (SSSR count). The average Bonchev–Trinajstić information content (AvgIpc) is 2.93. The lowest BCUT2D eigenvalue weighted by molar-refractivity contribution is -0.0324. The number of aryl methyl sites for hydroxylation is 2. The molecule has 1 saturated heterocycles. The first-order chi connectivity index (χ1) is 10.1. The minimum absolute atomic E-state index is 0.178. The molecule has 5 heteroatoms. The fourth-order valence-electron chi connectivity index (χ4n) is 3.47. The minimum Gasteiger partial charge on any atom is -0.379 e. The molecule has 2 unspecified atom stereocenters. The van der Waals surface area contributed by atoms with Crippen molar-refractivity contribution in [2.24, 2.45) is 7.05 Å². The molecule has 1 aliphatic rings. The van der Waals surface area contributed by atoms with Crippen LogP contribution in [0.3, 0.4) is 0 Å². The first-order valence-corrected chi connectivity index (χ1v) is 8.08. The number of ether oxygens (including phenoxy) is 1. The third-order valence-electron chi connectivity index (χ3n) is 5.16. The second-order valence-corrected chi connectivity index (χ2v) is 6.14. The van der Waals surface area contributed by atoms with Gasteiger partial charge in [0, 0.05) is 43.6 Å². The summed E-state index contributed by atoms with van der Waals surface area (Å²) in [6.45, 7) is 8.47. The van der Waals surface area contributed by atoms with Gasteiger partial charge >= 0.3 is 0 Å². The fourth-order valence-corrected chi connectivity index (χ4v) is 3.47. The zero-order chi connectivity index (χ0) is 15.3. The molecule has 1 aliphatic heterocycles. The SMILES string of the molecule is CCC(C)(C(CCc1ccnn1C)NC)N1CCOCC1. The molecule has 0 spiro atoms. The maximum absolute atomic E-state index is 5.51. The van der Waals surface area contributed by atoms with Crippen molar-refractivity contribution in [3.63, 3.8) is 0 Å². The zero-order valence-electron chi connectivity index (χ0n) is 13.9. The number of nitrogens with one attached hydrogen (secondary N) is 1. The summed E-state index contributed by atoms with van der Waals surface area (Å²) in [5, 5.41) is 7.82. The van der Waals surface area contributed by atoms with E-state index in [9.17, 15) is 0 Å². The van der Waals surface area contributed by atoms with E-state index in [0.29, 0.717) is 6.04 Å². The quantitative estimate of drug-likeness (QED) is 0.826. The Morgan fingerprint density at radius 1 is 1.43 bits per heavy atom. The highest BCUT2D eigenvalue weighted by Gasteiger charge is 2.37. The van der Waals surface area contributed by atoms with Crippen LogP contribution >= 0.6 is 0 Å². The summed E-state index contributed by atoms with van der Waals surface area (Å²) in [7, 11) is 4.10. The molecule has 1 aromatic rings. The fraction of sp³-hybridized carbons (Fsp3) is 0.812. The van der Waals surface area contributed by atoms with Gasteiger partial charge in [-0.1, -0.05) is 6.92 Å². The van der Waals surface area contributed by atoms with Crippen LogP contribution in [0.25, 0.3) is 0 Å². The van der Waals surface area contributed by atoms with Gasteiger partial charge in [-0.15, -0.1) is 0 Å². The monoisotopic (exact) mass is 294 g/mol. The Hall–Kier alpha value is -0.910. The lowest BCUT2D eigenvalue weighted by Gasteiger charge is -2.48. The van der Waals surface area contributed by atoms with Crippen LogP contribution < -0.4 is 5.32 Å². The summed E-state index contributed by atoms with van der Waals surface area (Å²) in [5.74, 6) is 0. The van der Waals surface area contributed by atoms with Crippen LogP contribution in [-0.4, -0.2) is 59.6 Å². The predicted molar refractivity (Wildman–Crippen MR) is 85.5 cm³/mol. The van der Waals surface area contributed by atoms with Crippen LogP contribution in [0.4, 0.5) is 0 Å². The molecule has 1 aromatic heterocycles. The number of likely N-dealkylation sites (N-methyl/N-ethyl adjacent to an activating group) is 1. The lowest BCUT2D eigenvalue weighted by atomic mass is 9.84. The maximum atomic E-state index is 5.51. The van der Waals surface area contributed by atoms with Crippen LogP contribution in [0.5, 0.6) is 0 Å². The summed E-state index contributed by atoms with van der Waals surface area (Å²) < 4.78 is 7.49. The molecule has 0 saturated carbocycles. The van der Waals surface area contributed by atoms with Crippen molar-refractivity contribution < 1.29 is 4.74 Å². The largest absolute Gasteiger partial charge is 0.379 e. The standard InChI is InChI=1S/C16H30N4O/c1-5-16(2,20-10-12-21-13-11-20)15(17-3)7-6-14-8-9-18-19(14)4/h8-9,15,17H,5-7,10-13H2,1-4H3. The summed E-state index contributed by atoms with van der Waals surface area (Å²) in [5.41, 5.74) is 1.48. The van der Waals surface area contributed by atoms with Gasteiger partial charge in [0.1, 0.15) is 0 Å². The van der Waals surface area contributed by atoms with Crippen LogP contribution in [-0.2, 0) is 18.2 Å². The van der Waals surface area contributed by atoms with Gasteiger partial charge in [0.2, 0.25) is 0 Å². The minimum atomic E-state index is 0.178. The number of hydrogen-bond donors (Lipinski definition) is 1. The van der Waals surface area contributed by atoms with Crippen molar-refractivity contribution in [1.82, 2.24) is 20.0 Å². The third-order valence-corrected chi connectivity index (χ3v) is 5.16. The summed E-state index contributed by atoms with van der Waals surface area (Å²) in [6, 6.07) is 2.58. The Bertz CT molecular complexity index is 428. The average molecular weight is 294 g/mol.